The molecule has 0 saturated heterocycles. The molecule has 0 aliphatic carbocycles. The predicted octanol–water partition coefficient (Wildman–Crippen LogP) is 4.50. The van der Waals surface area contributed by atoms with Crippen molar-refractivity contribution in [2.24, 2.45) is 0 Å². The van der Waals surface area contributed by atoms with Gasteiger partial charge in [0, 0.05) is 0 Å². The lowest BCUT2D eigenvalue weighted by Gasteiger charge is -2.68. The van der Waals surface area contributed by atoms with Crippen LogP contribution in [0.25, 0.3) is 0 Å². The fourth-order valence-electron chi connectivity index (χ4n) is 3.38. The molecule has 0 rings (SSSR count). The van der Waals surface area contributed by atoms with Crippen LogP contribution < -0.4 is 0 Å². The van der Waals surface area contributed by atoms with Gasteiger partial charge in [0.2, 0.25) is 0 Å². The standard InChI is InChI=1S/C12H27Si2/c1-10(2,3)14(13,11(4,5)6)12(7,8)9/h1-9H3/q-1. The molecule has 0 aromatic heterocycles. The first-order valence-electron chi connectivity index (χ1n) is 5.50. The van der Waals surface area contributed by atoms with E-state index in [4.69, 9.17) is 0 Å². The molecule has 84 valence electrons. The Morgan fingerprint density at radius 1 is 0.571 bits per heavy atom. The van der Waals surface area contributed by atoms with Gasteiger partial charge in [-0.05, 0) is 0 Å². The molecule has 0 bridgehead atoms. The number of hydrogen-bond donors (Lipinski definition) is 0. The second kappa shape index (κ2) is 3.48. The van der Waals surface area contributed by atoms with Crippen LogP contribution in [0.5, 0.6) is 0 Å². The maximum Gasteiger partial charge on any atom is -0.0654 e. The molecule has 0 spiro atoms. The molecule has 0 unspecified atom stereocenters. The summed E-state index contributed by atoms with van der Waals surface area (Å²) in [5.74, 6) is 0. The Morgan fingerprint density at radius 2 is 0.714 bits per heavy atom. The summed E-state index contributed by atoms with van der Waals surface area (Å²) in [5.41, 5.74) is 0. The zero-order chi connectivity index (χ0) is 12.0. The van der Waals surface area contributed by atoms with E-state index in [9.17, 15) is 0 Å². The summed E-state index contributed by atoms with van der Waals surface area (Å²) in [7, 11) is 2.70. The Kier molecular flexibility index (Phi) is 3.59. The highest BCUT2D eigenvalue weighted by Crippen LogP contribution is 2.59. The molecule has 0 aliphatic rings. The summed E-state index contributed by atoms with van der Waals surface area (Å²) in [4.78, 5) is 0. The summed E-state index contributed by atoms with van der Waals surface area (Å²) in [6.07, 6.45) is 0. The van der Waals surface area contributed by atoms with Gasteiger partial charge in [-0.1, -0.05) is 77.4 Å². The first kappa shape index (κ1) is 14.4. The van der Waals surface area contributed by atoms with E-state index in [-0.39, 0.29) is 0 Å². The van der Waals surface area contributed by atoms with E-state index in [1.165, 1.54) is 0 Å². The molecular weight excluding hydrogens is 200 g/mol. The van der Waals surface area contributed by atoms with Crippen LogP contribution in [0.4, 0.5) is 0 Å². The summed E-state index contributed by atoms with van der Waals surface area (Å²) < 4.78 is 0. The highest BCUT2D eigenvalue weighted by Gasteiger charge is 2.45. The Bertz CT molecular complexity index is 162. The van der Waals surface area contributed by atoms with Crippen molar-refractivity contribution in [1.29, 1.82) is 0 Å². The summed E-state index contributed by atoms with van der Waals surface area (Å²) in [5, 5.41) is 1.13. The van der Waals surface area contributed by atoms with Crippen molar-refractivity contribution >= 4 is 17.4 Å². The van der Waals surface area contributed by atoms with Crippen LogP contribution >= 0.6 is 0 Å². The van der Waals surface area contributed by atoms with E-state index in [1.807, 2.05) is 0 Å². The smallest absolute Gasteiger partial charge is 0.0654 e. The largest absolute Gasteiger partial charge is 0.669 e. The van der Waals surface area contributed by atoms with Crippen LogP contribution in [0.1, 0.15) is 62.3 Å². The lowest BCUT2D eigenvalue weighted by atomic mass is 10.2. The van der Waals surface area contributed by atoms with Crippen LogP contribution in [0.2, 0.25) is 15.1 Å². The molecule has 14 heavy (non-hydrogen) atoms. The number of rotatable bonds is 0. The third-order valence-corrected chi connectivity index (χ3v) is 16.9. The topological polar surface area (TPSA) is 0 Å². The van der Waals surface area contributed by atoms with Gasteiger partial charge in [-0.2, -0.15) is 0 Å². The average Bonchev–Trinajstić information content (AvgIpc) is 1.77. The third-order valence-electron chi connectivity index (χ3n) is 3.38. The maximum atomic E-state index is 4.25. The third kappa shape index (κ3) is 2.16. The lowest BCUT2D eigenvalue weighted by molar-refractivity contribution is 0.556. The van der Waals surface area contributed by atoms with Gasteiger partial charge < -0.3 is 9.76 Å². The van der Waals surface area contributed by atoms with Crippen LogP contribution in [0, 0.1) is 0 Å². The van der Waals surface area contributed by atoms with Gasteiger partial charge in [0.25, 0.3) is 0 Å². The Morgan fingerprint density at radius 3 is 0.714 bits per heavy atom. The minimum Gasteiger partial charge on any atom is -0.669 e. The summed E-state index contributed by atoms with van der Waals surface area (Å²) in [6, 6.07) is 0. The molecule has 0 nitrogen and oxygen atoms in total. The summed E-state index contributed by atoms with van der Waals surface area (Å²) in [6.45, 7) is 21.4. The highest BCUT2D eigenvalue weighted by atomic mass is 29.2. The second-order valence-electron chi connectivity index (χ2n) is 7.50. The van der Waals surface area contributed by atoms with Crippen molar-refractivity contribution in [2.45, 2.75) is 77.4 Å². The van der Waals surface area contributed by atoms with Gasteiger partial charge in [-0.15, -0.1) is 7.59 Å². The Labute approximate surface area is 95.1 Å². The van der Waals surface area contributed by atoms with E-state index in [1.54, 1.807) is 0 Å². The van der Waals surface area contributed by atoms with Crippen molar-refractivity contribution in [3.8, 4) is 0 Å². The van der Waals surface area contributed by atoms with Crippen molar-refractivity contribution in [3.63, 3.8) is 0 Å². The molecule has 2 heteroatoms. The zero-order valence-electron chi connectivity index (χ0n) is 11.5. The monoisotopic (exact) mass is 227 g/mol. The van der Waals surface area contributed by atoms with Crippen LogP contribution in [0.3, 0.4) is 0 Å². The highest BCUT2D eigenvalue weighted by molar-refractivity contribution is 7.21. The maximum absolute atomic E-state index is 4.25. The molecular formula is C12H27Si2-. The zero-order valence-corrected chi connectivity index (χ0v) is 13.5. The molecule has 0 saturated carbocycles. The minimum atomic E-state index is -1.55. The fourth-order valence-corrected chi connectivity index (χ4v) is 10.1. The Hall–Kier alpha value is 0.434. The fraction of sp³-hybridized carbons (Fsp3) is 1.00. The molecule has 0 N–H and O–H groups in total. The Balaban J connectivity index is 5.54. The number of hydrogen-bond acceptors (Lipinski definition) is 0. The van der Waals surface area contributed by atoms with Gasteiger partial charge in [-0.25, -0.2) is 0 Å². The van der Waals surface area contributed by atoms with Crippen molar-refractivity contribution in [3.05, 3.63) is 0 Å². The quantitative estimate of drug-likeness (QED) is 0.535. The molecule has 2 radical (unpaired) electrons. The van der Waals surface area contributed by atoms with E-state index < -0.39 is 7.59 Å². The van der Waals surface area contributed by atoms with Crippen molar-refractivity contribution in [1.82, 2.24) is 0 Å². The van der Waals surface area contributed by atoms with Crippen molar-refractivity contribution in [2.75, 3.05) is 0 Å². The minimum absolute atomic E-state index is 0.375. The average molecular weight is 228 g/mol. The molecule has 0 aliphatic heterocycles. The van der Waals surface area contributed by atoms with Crippen molar-refractivity contribution < 1.29 is 0 Å². The normalized spacial score (nSPS) is 15.9. The van der Waals surface area contributed by atoms with E-state index in [0.717, 1.165) is 0 Å². The second-order valence-corrected chi connectivity index (χ2v) is 15.8. The first-order chi connectivity index (χ1) is 5.75. The van der Waals surface area contributed by atoms with Gasteiger partial charge in [0.05, 0.1) is 0 Å². The van der Waals surface area contributed by atoms with E-state index in [2.05, 4.69) is 72.1 Å². The molecule has 0 aromatic carbocycles. The molecule has 0 atom stereocenters. The van der Waals surface area contributed by atoms with Gasteiger partial charge in [-0.3, -0.25) is 0 Å². The molecule has 0 fully saturated rings. The first-order valence-corrected chi connectivity index (χ1v) is 9.00. The van der Waals surface area contributed by atoms with E-state index in [0.29, 0.717) is 15.1 Å². The van der Waals surface area contributed by atoms with Crippen LogP contribution in [-0.2, 0) is 0 Å². The van der Waals surface area contributed by atoms with Crippen LogP contribution in [0.15, 0.2) is 0 Å². The molecule has 0 amide bonds. The lowest BCUT2D eigenvalue weighted by Crippen LogP contribution is -2.59. The van der Waals surface area contributed by atoms with Gasteiger partial charge >= 0.3 is 0 Å². The summed E-state index contributed by atoms with van der Waals surface area (Å²) >= 11 is 0. The van der Waals surface area contributed by atoms with Crippen LogP contribution in [-0.4, -0.2) is 17.4 Å². The SMILES string of the molecule is CC(C)(C)[Si]([Si-])(C(C)(C)C)C(C)(C)C. The molecule has 0 heterocycles. The molecule has 0 aromatic rings. The van der Waals surface area contributed by atoms with E-state index >= 15 is 0 Å². The predicted molar refractivity (Wildman–Crippen MR) is 70.7 cm³/mol. The van der Waals surface area contributed by atoms with Gasteiger partial charge in [0.15, 0.2) is 0 Å². The van der Waals surface area contributed by atoms with Gasteiger partial charge in [0.1, 0.15) is 0 Å².